The first-order chi connectivity index (χ1) is 18.8. The summed E-state index contributed by atoms with van der Waals surface area (Å²) in [6.07, 6.45) is 3.14. The summed E-state index contributed by atoms with van der Waals surface area (Å²) in [5, 5.41) is 14.7. The van der Waals surface area contributed by atoms with Crippen LogP contribution in [0.2, 0.25) is 5.02 Å². The van der Waals surface area contributed by atoms with Crippen molar-refractivity contribution in [2.24, 2.45) is 0 Å². The molecule has 0 fully saturated rings. The average molecular weight is 589 g/mol. The second kappa shape index (κ2) is 12.8. The number of sulfonamides is 1. The van der Waals surface area contributed by atoms with E-state index in [4.69, 9.17) is 16.0 Å². The predicted molar refractivity (Wildman–Crippen MR) is 148 cm³/mol. The highest BCUT2D eigenvalue weighted by Gasteiger charge is 2.20. The highest BCUT2D eigenvalue weighted by atomic mass is 35.5. The summed E-state index contributed by atoms with van der Waals surface area (Å²) in [6.45, 7) is 2.34. The van der Waals surface area contributed by atoms with Crippen LogP contribution in [0.3, 0.4) is 0 Å². The minimum atomic E-state index is -4.05. The number of anilines is 1. The van der Waals surface area contributed by atoms with Crippen molar-refractivity contribution in [1.82, 2.24) is 24.8 Å². The summed E-state index contributed by atoms with van der Waals surface area (Å²) in [5.41, 5.74) is 1.13. The molecule has 0 spiro atoms. The van der Waals surface area contributed by atoms with E-state index in [-0.39, 0.29) is 16.6 Å². The van der Waals surface area contributed by atoms with Crippen LogP contribution in [0, 0.1) is 0 Å². The summed E-state index contributed by atoms with van der Waals surface area (Å²) >= 11 is 7.21. The first-order valence-corrected chi connectivity index (χ1v) is 14.7. The molecule has 4 rings (SSSR count). The lowest BCUT2D eigenvalue weighted by molar-refractivity contribution is -0.113. The van der Waals surface area contributed by atoms with Crippen molar-refractivity contribution >= 4 is 51.0 Å². The van der Waals surface area contributed by atoms with E-state index in [1.54, 1.807) is 28.8 Å². The standard InChI is InChI=1S/C25H25ClN6O5S2/c1-2-3-14-27-24(34)31-39(35,36)20-12-8-18(9-13-20)28-22(33)16-38-25-30-29-23(21-5-4-15-37-21)32(25)19-10-6-17(26)7-11-19/h4-13,15H,2-3,14,16H2,1H3,(H,28,33)(H2,27,31,34). The summed E-state index contributed by atoms with van der Waals surface area (Å²) in [7, 11) is -4.05. The van der Waals surface area contributed by atoms with Gasteiger partial charge in [0.25, 0.3) is 10.0 Å². The van der Waals surface area contributed by atoms with Crippen LogP contribution < -0.4 is 15.4 Å². The summed E-state index contributed by atoms with van der Waals surface area (Å²) < 4.78 is 34.1. The van der Waals surface area contributed by atoms with Crippen molar-refractivity contribution < 1.29 is 22.4 Å². The molecular formula is C25H25ClN6O5S2. The fourth-order valence-corrected chi connectivity index (χ4v) is 5.20. The Kier molecular flexibility index (Phi) is 9.28. The largest absolute Gasteiger partial charge is 0.461 e. The summed E-state index contributed by atoms with van der Waals surface area (Å²) in [5.74, 6) is 0.643. The van der Waals surface area contributed by atoms with E-state index in [1.165, 1.54) is 42.3 Å². The van der Waals surface area contributed by atoms with Crippen molar-refractivity contribution in [3.8, 4) is 17.3 Å². The van der Waals surface area contributed by atoms with Gasteiger partial charge >= 0.3 is 6.03 Å². The van der Waals surface area contributed by atoms with E-state index >= 15 is 0 Å². The van der Waals surface area contributed by atoms with Crippen molar-refractivity contribution in [2.45, 2.75) is 29.8 Å². The predicted octanol–water partition coefficient (Wildman–Crippen LogP) is 4.70. The lowest BCUT2D eigenvalue weighted by Crippen LogP contribution is -2.39. The lowest BCUT2D eigenvalue weighted by Gasteiger charge is -2.10. The van der Waals surface area contributed by atoms with Crippen LogP contribution in [0.5, 0.6) is 0 Å². The molecule has 0 atom stereocenters. The number of rotatable bonds is 11. The number of amides is 3. The maximum atomic E-state index is 12.7. The topological polar surface area (TPSA) is 148 Å². The Morgan fingerprint density at radius 1 is 1.05 bits per heavy atom. The van der Waals surface area contributed by atoms with Crippen LogP contribution >= 0.6 is 23.4 Å². The van der Waals surface area contributed by atoms with Crippen LogP contribution in [0.1, 0.15) is 19.8 Å². The first-order valence-electron chi connectivity index (χ1n) is 11.9. The monoisotopic (exact) mass is 588 g/mol. The number of urea groups is 1. The van der Waals surface area contributed by atoms with Gasteiger partial charge < -0.3 is 15.1 Å². The number of carbonyl (C=O) groups excluding carboxylic acids is 2. The Bertz CT molecular complexity index is 1520. The van der Waals surface area contributed by atoms with Gasteiger partial charge in [0.05, 0.1) is 16.9 Å². The normalized spacial score (nSPS) is 11.2. The molecule has 0 saturated carbocycles. The fraction of sp³-hybridized carbons (Fsp3) is 0.200. The molecule has 0 bridgehead atoms. The van der Waals surface area contributed by atoms with Gasteiger partial charge in [0.15, 0.2) is 10.9 Å². The number of aromatic nitrogens is 3. The highest BCUT2D eigenvalue weighted by Crippen LogP contribution is 2.29. The summed E-state index contributed by atoms with van der Waals surface area (Å²) in [6, 6.07) is 15.3. The number of furan rings is 1. The van der Waals surface area contributed by atoms with Crippen LogP contribution in [0.25, 0.3) is 17.3 Å². The Hall–Kier alpha value is -3.81. The number of nitrogens with one attached hydrogen (secondary N) is 3. The molecule has 2 aromatic carbocycles. The SMILES string of the molecule is CCCCNC(=O)NS(=O)(=O)c1ccc(NC(=O)CSc2nnc(-c3ccco3)n2-c2ccc(Cl)cc2)cc1. The number of halogens is 1. The fourth-order valence-electron chi connectivity index (χ4n) is 3.39. The molecule has 0 unspecified atom stereocenters. The van der Waals surface area contributed by atoms with Gasteiger partial charge in [-0.2, -0.15) is 0 Å². The van der Waals surface area contributed by atoms with Gasteiger partial charge in [-0.25, -0.2) is 17.9 Å². The Morgan fingerprint density at radius 3 is 2.46 bits per heavy atom. The molecule has 14 heteroatoms. The third kappa shape index (κ3) is 7.40. The van der Waals surface area contributed by atoms with Crippen molar-refractivity contribution in [2.75, 3.05) is 17.6 Å². The van der Waals surface area contributed by atoms with Crippen LogP contribution in [-0.2, 0) is 14.8 Å². The van der Waals surface area contributed by atoms with E-state index in [9.17, 15) is 18.0 Å². The smallest absolute Gasteiger partial charge is 0.328 e. The quantitative estimate of drug-likeness (QED) is 0.169. The second-order valence-corrected chi connectivity index (χ2v) is 11.2. The molecule has 204 valence electrons. The van der Waals surface area contributed by atoms with Crippen LogP contribution in [0.4, 0.5) is 10.5 Å². The average Bonchev–Trinajstić information content (AvgIpc) is 3.58. The number of hydrogen-bond acceptors (Lipinski definition) is 8. The molecule has 0 aliphatic heterocycles. The molecule has 2 aromatic heterocycles. The summed E-state index contributed by atoms with van der Waals surface area (Å²) in [4.78, 5) is 24.4. The molecule has 0 radical (unpaired) electrons. The van der Waals surface area contributed by atoms with Gasteiger partial charge in [0.2, 0.25) is 11.7 Å². The zero-order valence-corrected chi connectivity index (χ0v) is 23.1. The molecule has 11 nitrogen and oxygen atoms in total. The van der Waals surface area contributed by atoms with Crippen LogP contribution in [0.15, 0.2) is 81.4 Å². The van der Waals surface area contributed by atoms with E-state index in [0.29, 0.717) is 34.0 Å². The van der Waals surface area contributed by atoms with Crippen LogP contribution in [-0.4, -0.2) is 47.4 Å². The van der Waals surface area contributed by atoms with Gasteiger partial charge in [-0.05, 0) is 67.1 Å². The Balaban J connectivity index is 1.40. The Morgan fingerprint density at radius 2 is 1.79 bits per heavy atom. The van der Waals surface area contributed by atoms with Gasteiger partial charge in [-0.3, -0.25) is 9.36 Å². The molecular weight excluding hydrogens is 564 g/mol. The second-order valence-electron chi connectivity index (χ2n) is 8.17. The number of hydrogen-bond donors (Lipinski definition) is 3. The number of carbonyl (C=O) groups is 2. The number of benzene rings is 2. The van der Waals surface area contributed by atoms with E-state index < -0.39 is 16.1 Å². The van der Waals surface area contributed by atoms with Gasteiger partial charge in [0.1, 0.15) is 0 Å². The van der Waals surface area contributed by atoms with Crippen molar-refractivity contribution in [1.29, 1.82) is 0 Å². The maximum absolute atomic E-state index is 12.7. The zero-order chi connectivity index (χ0) is 27.8. The molecule has 0 aliphatic rings. The molecule has 4 aromatic rings. The molecule has 39 heavy (non-hydrogen) atoms. The lowest BCUT2D eigenvalue weighted by atomic mass is 10.3. The van der Waals surface area contributed by atoms with E-state index in [0.717, 1.165) is 18.5 Å². The van der Waals surface area contributed by atoms with E-state index in [2.05, 4.69) is 20.8 Å². The molecule has 2 heterocycles. The van der Waals surface area contributed by atoms with E-state index in [1.807, 2.05) is 23.8 Å². The Labute approximate surface area is 234 Å². The maximum Gasteiger partial charge on any atom is 0.328 e. The molecule has 0 aliphatic carbocycles. The minimum Gasteiger partial charge on any atom is -0.461 e. The molecule has 3 N–H and O–H groups in total. The van der Waals surface area contributed by atoms with Gasteiger partial charge in [-0.15, -0.1) is 10.2 Å². The third-order valence-electron chi connectivity index (χ3n) is 5.28. The van der Waals surface area contributed by atoms with Crippen molar-refractivity contribution in [3.63, 3.8) is 0 Å². The molecule has 0 saturated heterocycles. The number of nitrogens with zero attached hydrogens (tertiary/aromatic N) is 3. The van der Waals surface area contributed by atoms with Gasteiger partial charge in [-0.1, -0.05) is 36.7 Å². The molecule has 3 amide bonds. The highest BCUT2D eigenvalue weighted by molar-refractivity contribution is 7.99. The minimum absolute atomic E-state index is 0.00339. The number of thioether (sulfide) groups is 1. The zero-order valence-electron chi connectivity index (χ0n) is 20.8. The first kappa shape index (κ1) is 28.2. The van der Waals surface area contributed by atoms with Gasteiger partial charge in [0, 0.05) is 22.9 Å². The number of unbranched alkanes of at least 4 members (excludes halogenated alkanes) is 1. The van der Waals surface area contributed by atoms with Crippen molar-refractivity contribution in [3.05, 3.63) is 71.9 Å². The third-order valence-corrected chi connectivity index (χ3v) is 7.81.